The highest BCUT2D eigenvalue weighted by atomic mass is 32.1. The van der Waals surface area contributed by atoms with E-state index in [9.17, 15) is 14.4 Å². The Labute approximate surface area is 137 Å². The zero-order valence-corrected chi connectivity index (χ0v) is 13.5. The van der Waals surface area contributed by atoms with E-state index < -0.39 is 11.2 Å². The fourth-order valence-corrected chi connectivity index (χ4v) is 3.80. The number of aromatic nitrogens is 2. The third kappa shape index (κ3) is 3.79. The first kappa shape index (κ1) is 15.7. The molecule has 7 heteroatoms. The molecular formula is C16H19N3O3S. The van der Waals surface area contributed by atoms with E-state index >= 15 is 0 Å². The van der Waals surface area contributed by atoms with Crippen LogP contribution >= 0.6 is 11.3 Å². The maximum Gasteiger partial charge on any atom is 0.326 e. The van der Waals surface area contributed by atoms with Crippen molar-refractivity contribution < 1.29 is 4.79 Å². The first-order chi connectivity index (χ1) is 11.1. The van der Waals surface area contributed by atoms with Crippen molar-refractivity contribution in [1.29, 1.82) is 0 Å². The fraction of sp³-hybridized carbons (Fsp3) is 0.438. The summed E-state index contributed by atoms with van der Waals surface area (Å²) in [7, 11) is 0. The van der Waals surface area contributed by atoms with Gasteiger partial charge in [0.1, 0.15) is 5.69 Å². The van der Waals surface area contributed by atoms with Crippen LogP contribution in [0.5, 0.6) is 0 Å². The molecule has 23 heavy (non-hydrogen) atoms. The number of piperidine rings is 1. The number of likely N-dealkylation sites (tertiary alicyclic amines) is 1. The van der Waals surface area contributed by atoms with E-state index in [0.717, 1.165) is 38.2 Å². The van der Waals surface area contributed by atoms with Crippen molar-refractivity contribution in [3.05, 3.63) is 55.0 Å². The largest absolute Gasteiger partial charge is 0.334 e. The summed E-state index contributed by atoms with van der Waals surface area (Å²) in [5, 5.41) is 2.06. The fourth-order valence-electron chi connectivity index (χ4n) is 3.07. The molecule has 3 heterocycles. The number of carbonyl (C=O) groups excluding carboxylic acids is 1. The summed E-state index contributed by atoms with van der Waals surface area (Å²) in [4.78, 5) is 43.1. The highest BCUT2D eigenvalue weighted by molar-refractivity contribution is 7.09. The van der Waals surface area contributed by atoms with Gasteiger partial charge >= 0.3 is 5.69 Å². The van der Waals surface area contributed by atoms with Crippen molar-refractivity contribution in [2.75, 3.05) is 6.54 Å². The maximum atomic E-state index is 12.7. The third-order valence-electron chi connectivity index (χ3n) is 4.18. The molecule has 3 rings (SSSR count). The second-order valence-electron chi connectivity index (χ2n) is 5.77. The monoisotopic (exact) mass is 333 g/mol. The molecule has 1 saturated heterocycles. The number of hydrogen-bond donors (Lipinski definition) is 2. The lowest BCUT2D eigenvalue weighted by atomic mass is 9.97. The number of rotatable bonds is 4. The second kappa shape index (κ2) is 6.95. The Bertz CT molecular complexity index is 750. The molecule has 0 spiro atoms. The molecule has 0 bridgehead atoms. The van der Waals surface area contributed by atoms with Crippen LogP contribution in [-0.4, -0.2) is 33.4 Å². The maximum absolute atomic E-state index is 12.7. The van der Waals surface area contributed by atoms with Crippen LogP contribution < -0.4 is 11.2 Å². The molecule has 1 fully saturated rings. The average molecular weight is 333 g/mol. The number of nitrogens with zero attached hydrogens (tertiary/aromatic N) is 1. The van der Waals surface area contributed by atoms with Crippen LogP contribution in [0.1, 0.15) is 41.0 Å². The number of aromatic amines is 2. The van der Waals surface area contributed by atoms with Gasteiger partial charge in [0, 0.05) is 23.5 Å². The minimum atomic E-state index is -0.645. The van der Waals surface area contributed by atoms with Gasteiger partial charge in [0.05, 0.1) is 0 Å². The van der Waals surface area contributed by atoms with E-state index in [4.69, 9.17) is 0 Å². The molecule has 2 aromatic rings. The van der Waals surface area contributed by atoms with Gasteiger partial charge in [0.2, 0.25) is 0 Å². The van der Waals surface area contributed by atoms with Gasteiger partial charge in [0.15, 0.2) is 0 Å². The first-order valence-corrected chi connectivity index (χ1v) is 8.68. The zero-order valence-electron chi connectivity index (χ0n) is 12.7. The normalized spacial score (nSPS) is 18.1. The van der Waals surface area contributed by atoms with Crippen LogP contribution in [0.4, 0.5) is 0 Å². The lowest BCUT2D eigenvalue weighted by Gasteiger charge is -2.35. The highest BCUT2D eigenvalue weighted by Gasteiger charge is 2.28. The minimum Gasteiger partial charge on any atom is -0.334 e. The van der Waals surface area contributed by atoms with E-state index in [1.54, 1.807) is 11.3 Å². The molecular weight excluding hydrogens is 314 g/mol. The second-order valence-corrected chi connectivity index (χ2v) is 6.80. The Morgan fingerprint density at radius 3 is 2.91 bits per heavy atom. The Hall–Kier alpha value is -2.15. The molecule has 1 amide bonds. The van der Waals surface area contributed by atoms with Crippen LogP contribution in [-0.2, 0) is 6.42 Å². The standard InChI is InChI=1S/C16H19N3O3S/c20-14-10-13(17-16(22)18-14)15(21)19-8-2-1-4-11(19)6-7-12-5-3-9-23-12/h3,5,9-11H,1-2,4,6-8H2,(H2,17,18,20,22)/t11-/m0/s1. The van der Waals surface area contributed by atoms with Crippen molar-refractivity contribution in [1.82, 2.24) is 14.9 Å². The number of amides is 1. The highest BCUT2D eigenvalue weighted by Crippen LogP contribution is 2.23. The summed E-state index contributed by atoms with van der Waals surface area (Å²) in [5.41, 5.74) is -1.13. The molecule has 1 aliphatic rings. The lowest BCUT2D eigenvalue weighted by Crippen LogP contribution is -2.45. The molecule has 2 N–H and O–H groups in total. The first-order valence-electron chi connectivity index (χ1n) is 7.80. The van der Waals surface area contributed by atoms with Crippen LogP contribution in [0.25, 0.3) is 0 Å². The van der Waals surface area contributed by atoms with Crippen LogP contribution in [0.15, 0.2) is 33.2 Å². The van der Waals surface area contributed by atoms with Gasteiger partial charge in [-0.25, -0.2) is 4.79 Å². The number of aryl methyl sites for hydroxylation is 1. The predicted molar refractivity (Wildman–Crippen MR) is 89.0 cm³/mol. The molecule has 6 nitrogen and oxygen atoms in total. The number of nitrogens with one attached hydrogen (secondary N) is 2. The van der Waals surface area contributed by atoms with E-state index in [0.29, 0.717) is 6.54 Å². The van der Waals surface area contributed by atoms with Gasteiger partial charge in [-0.2, -0.15) is 0 Å². The van der Waals surface area contributed by atoms with E-state index in [1.807, 2.05) is 11.0 Å². The third-order valence-corrected chi connectivity index (χ3v) is 5.12. The smallest absolute Gasteiger partial charge is 0.326 e. The Kier molecular flexibility index (Phi) is 4.76. The molecule has 2 aromatic heterocycles. The molecule has 0 aromatic carbocycles. The quantitative estimate of drug-likeness (QED) is 0.894. The summed E-state index contributed by atoms with van der Waals surface area (Å²) in [6, 6.07) is 5.45. The van der Waals surface area contributed by atoms with E-state index in [-0.39, 0.29) is 17.6 Å². The molecule has 0 aliphatic carbocycles. The number of thiophene rings is 1. The summed E-state index contributed by atoms with van der Waals surface area (Å²) < 4.78 is 0. The van der Waals surface area contributed by atoms with Crippen molar-refractivity contribution in [3.63, 3.8) is 0 Å². The average Bonchev–Trinajstić information content (AvgIpc) is 3.05. The number of carbonyl (C=O) groups is 1. The SMILES string of the molecule is O=C(c1cc(=O)[nH]c(=O)[nH]1)N1CCCC[C@H]1CCc1cccs1. The predicted octanol–water partition coefficient (Wildman–Crippen LogP) is 1.75. The summed E-state index contributed by atoms with van der Waals surface area (Å²) in [6.45, 7) is 0.669. The minimum absolute atomic E-state index is 0.0711. The van der Waals surface area contributed by atoms with Crippen molar-refractivity contribution >= 4 is 17.2 Å². The van der Waals surface area contributed by atoms with E-state index in [1.165, 1.54) is 4.88 Å². The van der Waals surface area contributed by atoms with E-state index in [2.05, 4.69) is 21.4 Å². The Morgan fingerprint density at radius 2 is 2.17 bits per heavy atom. The van der Waals surface area contributed by atoms with Crippen molar-refractivity contribution in [3.8, 4) is 0 Å². The van der Waals surface area contributed by atoms with Crippen LogP contribution in [0.3, 0.4) is 0 Å². The Balaban J connectivity index is 1.75. The topological polar surface area (TPSA) is 86.0 Å². The number of H-pyrrole nitrogens is 2. The molecule has 0 unspecified atom stereocenters. The molecule has 122 valence electrons. The lowest BCUT2D eigenvalue weighted by molar-refractivity contribution is 0.0595. The summed E-state index contributed by atoms with van der Waals surface area (Å²) in [6.07, 6.45) is 4.86. The van der Waals surface area contributed by atoms with Gasteiger partial charge in [-0.05, 0) is 43.6 Å². The van der Waals surface area contributed by atoms with Gasteiger partial charge in [0.25, 0.3) is 11.5 Å². The van der Waals surface area contributed by atoms with Crippen LogP contribution in [0.2, 0.25) is 0 Å². The molecule has 0 radical (unpaired) electrons. The number of hydrogen-bond acceptors (Lipinski definition) is 4. The van der Waals surface area contributed by atoms with Crippen LogP contribution in [0, 0.1) is 0 Å². The summed E-state index contributed by atoms with van der Waals surface area (Å²) in [5.74, 6) is -0.260. The summed E-state index contributed by atoms with van der Waals surface area (Å²) >= 11 is 1.73. The van der Waals surface area contributed by atoms with Crippen molar-refractivity contribution in [2.45, 2.75) is 38.1 Å². The molecule has 1 aliphatic heterocycles. The van der Waals surface area contributed by atoms with Gasteiger partial charge in [-0.3, -0.25) is 14.6 Å². The van der Waals surface area contributed by atoms with Gasteiger partial charge < -0.3 is 9.88 Å². The van der Waals surface area contributed by atoms with Crippen molar-refractivity contribution in [2.24, 2.45) is 0 Å². The molecule has 0 saturated carbocycles. The molecule has 1 atom stereocenters. The zero-order chi connectivity index (χ0) is 16.2. The Morgan fingerprint density at radius 1 is 1.30 bits per heavy atom. The van der Waals surface area contributed by atoms with Gasteiger partial charge in [-0.15, -0.1) is 11.3 Å². The van der Waals surface area contributed by atoms with Gasteiger partial charge in [-0.1, -0.05) is 6.07 Å².